The fraction of sp³-hybridized carbons (Fsp3) is 0.0833. The van der Waals surface area contributed by atoms with Crippen LogP contribution in [-0.4, -0.2) is 33.1 Å². The number of Topliss-reactive ketones (excluding diaryl/α,β-unsaturated/α-hetero) is 1. The lowest BCUT2D eigenvalue weighted by Gasteiger charge is -2.06. The van der Waals surface area contributed by atoms with E-state index in [0.717, 1.165) is 25.8 Å². The average molecular weight is 555 g/mol. The average Bonchev–Trinajstić information content (AvgIpc) is 3.24. The Hall–Kier alpha value is -3.10. The first-order chi connectivity index (χ1) is 15.4. The number of ketones is 1. The number of hydrogen-bond acceptors (Lipinski definition) is 5. The van der Waals surface area contributed by atoms with Crippen molar-refractivity contribution in [3.05, 3.63) is 98.7 Å². The van der Waals surface area contributed by atoms with E-state index < -0.39 is 12.6 Å². The molecule has 160 valence electrons. The van der Waals surface area contributed by atoms with Gasteiger partial charge in [-0.15, -0.1) is 5.10 Å². The third-order valence-corrected chi connectivity index (χ3v) is 5.73. The molecule has 4 aromatic rings. The second-order valence-corrected chi connectivity index (χ2v) is 8.85. The molecule has 0 saturated carbocycles. The van der Waals surface area contributed by atoms with Gasteiger partial charge in [-0.3, -0.25) is 4.79 Å². The number of aryl methyl sites for hydroxylation is 1. The van der Waals surface area contributed by atoms with Gasteiger partial charge in [-0.1, -0.05) is 73.8 Å². The Labute approximate surface area is 201 Å². The summed E-state index contributed by atoms with van der Waals surface area (Å²) in [5, 5.41) is 4.37. The maximum Gasteiger partial charge on any atom is 0.378 e. The summed E-state index contributed by atoms with van der Waals surface area (Å²) in [5.74, 6) is -0.692. The molecule has 8 heteroatoms. The minimum absolute atomic E-state index is 0.118. The van der Waals surface area contributed by atoms with Crippen molar-refractivity contribution in [3.8, 4) is 17.1 Å². The fourth-order valence-electron chi connectivity index (χ4n) is 2.97. The van der Waals surface area contributed by atoms with Crippen molar-refractivity contribution in [2.75, 3.05) is 6.61 Å². The Balaban J connectivity index is 1.60. The number of halogens is 2. The van der Waals surface area contributed by atoms with Gasteiger partial charge in [0.25, 0.3) is 5.82 Å². The summed E-state index contributed by atoms with van der Waals surface area (Å²) in [6.07, 6.45) is 0. The monoisotopic (exact) mass is 553 g/mol. The minimum atomic E-state index is -0.764. The van der Waals surface area contributed by atoms with Gasteiger partial charge >= 0.3 is 5.97 Å². The molecule has 0 aliphatic rings. The molecule has 32 heavy (non-hydrogen) atoms. The number of nitrogens with zero attached hydrogens (tertiary/aromatic N) is 3. The molecule has 0 bridgehead atoms. The lowest BCUT2D eigenvalue weighted by molar-refractivity contribution is 0.0462. The third kappa shape index (κ3) is 5.03. The van der Waals surface area contributed by atoms with Crippen molar-refractivity contribution in [3.63, 3.8) is 0 Å². The zero-order chi connectivity index (χ0) is 22.7. The van der Waals surface area contributed by atoms with Crippen LogP contribution < -0.4 is 0 Å². The van der Waals surface area contributed by atoms with Crippen LogP contribution >= 0.6 is 31.9 Å². The standard InChI is InChI=1S/C24H17Br2N3O3/c1-15-2-4-17(5-3-15)23-27-22(28-29(23)20-12-10-19(26)11-13-20)24(31)32-14-21(30)16-6-8-18(25)9-7-16/h2-13H,14H2,1H3. The van der Waals surface area contributed by atoms with Crippen LogP contribution in [-0.2, 0) is 4.74 Å². The predicted octanol–water partition coefficient (Wildman–Crippen LogP) is 5.81. The molecular weight excluding hydrogens is 538 g/mol. The largest absolute Gasteiger partial charge is 0.451 e. The highest BCUT2D eigenvalue weighted by atomic mass is 79.9. The maximum atomic E-state index is 12.6. The molecule has 0 amide bonds. The highest BCUT2D eigenvalue weighted by Gasteiger charge is 2.21. The maximum absolute atomic E-state index is 12.6. The highest BCUT2D eigenvalue weighted by molar-refractivity contribution is 9.10. The van der Waals surface area contributed by atoms with Crippen LogP contribution in [0.15, 0.2) is 81.7 Å². The summed E-state index contributed by atoms with van der Waals surface area (Å²) in [6, 6.07) is 22.1. The Morgan fingerprint density at radius 1 is 0.875 bits per heavy atom. The van der Waals surface area contributed by atoms with Crippen LogP contribution in [0.2, 0.25) is 0 Å². The number of ether oxygens (including phenoxy) is 1. The van der Waals surface area contributed by atoms with Gasteiger partial charge in [-0.05, 0) is 43.3 Å². The Bertz CT molecular complexity index is 1200. The number of carbonyl (C=O) groups excluding carboxylic acids is 2. The topological polar surface area (TPSA) is 74.1 Å². The van der Waals surface area contributed by atoms with Gasteiger partial charge in [0.1, 0.15) is 0 Å². The minimum Gasteiger partial charge on any atom is -0.451 e. The number of rotatable bonds is 6. The normalized spacial score (nSPS) is 10.7. The first-order valence-electron chi connectivity index (χ1n) is 9.66. The summed E-state index contributed by atoms with van der Waals surface area (Å²) in [5.41, 5.74) is 3.10. The van der Waals surface area contributed by atoms with Crippen LogP contribution in [0.3, 0.4) is 0 Å². The Morgan fingerprint density at radius 3 is 2.09 bits per heavy atom. The van der Waals surface area contributed by atoms with E-state index in [2.05, 4.69) is 41.9 Å². The molecule has 0 N–H and O–H groups in total. The second kappa shape index (κ2) is 9.58. The summed E-state index contributed by atoms with van der Waals surface area (Å²) in [7, 11) is 0. The second-order valence-electron chi connectivity index (χ2n) is 7.02. The molecule has 0 aliphatic carbocycles. The lowest BCUT2D eigenvalue weighted by Crippen LogP contribution is -2.15. The molecule has 0 fully saturated rings. The van der Waals surface area contributed by atoms with E-state index in [9.17, 15) is 9.59 Å². The smallest absolute Gasteiger partial charge is 0.378 e. The first-order valence-corrected chi connectivity index (χ1v) is 11.3. The molecule has 6 nitrogen and oxygen atoms in total. The predicted molar refractivity (Wildman–Crippen MR) is 128 cm³/mol. The summed E-state index contributed by atoms with van der Waals surface area (Å²) < 4.78 is 8.57. The van der Waals surface area contributed by atoms with Gasteiger partial charge in [0.05, 0.1) is 5.69 Å². The summed E-state index contributed by atoms with van der Waals surface area (Å²) in [4.78, 5) is 29.4. The van der Waals surface area contributed by atoms with Crippen LogP contribution in [0.1, 0.15) is 26.5 Å². The fourth-order valence-corrected chi connectivity index (χ4v) is 3.49. The van der Waals surface area contributed by atoms with Gasteiger partial charge in [0.2, 0.25) is 0 Å². The van der Waals surface area contributed by atoms with E-state index in [-0.39, 0.29) is 11.6 Å². The molecule has 3 aromatic carbocycles. The number of carbonyl (C=O) groups is 2. The number of hydrogen-bond donors (Lipinski definition) is 0. The van der Waals surface area contributed by atoms with E-state index in [0.29, 0.717) is 11.4 Å². The van der Waals surface area contributed by atoms with Crippen LogP contribution in [0.5, 0.6) is 0 Å². The zero-order valence-corrected chi connectivity index (χ0v) is 20.1. The summed E-state index contributed by atoms with van der Waals surface area (Å²) in [6.45, 7) is 1.60. The van der Waals surface area contributed by atoms with Crippen molar-refractivity contribution < 1.29 is 14.3 Å². The molecule has 1 aromatic heterocycles. The molecule has 4 rings (SSSR count). The van der Waals surface area contributed by atoms with Gasteiger partial charge < -0.3 is 4.74 Å². The molecule has 0 atom stereocenters. The van der Waals surface area contributed by atoms with E-state index in [4.69, 9.17) is 4.74 Å². The van der Waals surface area contributed by atoms with E-state index >= 15 is 0 Å². The molecule has 0 saturated heterocycles. The van der Waals surface area contributed by atoms with Crippen molar-refractivity contribution in [1.82, 2.24) is 14.8 Å². The van der Waals surface area contributed by atoms with E-state index in [1.807, 2.05) is 55.5 Å². The van der Waals surface area contributed by atoms with Gasteiger partial charge in [-0.2, -0.15) is 0 Å². The molecular formula is C24H17Br2N3O3. The lowest BCUT2D eigenvalue weighted by atomic mass is 10.1. The van der Waals surface area contributed by atoms with Crippen LogP contribution in [0.4, 0.5) is 0 Å². The molecule has 0 spiro atoms. The Morgan fingerprint density at radius 2 is 1.47 bits per heavy atom. The zero-order valence-electron chi connectivity index (χ0n) is 17.0. The number of esters is 1. The third-order valence-electron chi connectivity index (χ3n) is 4.67. The van der Waals surface area contributed by atoms with E-state index in [1.54, 1.807) is 28.9 Å². The first kappa shape index (κ1) is 22.1. The quantitative estimate of drug-likeness (QED) is 0.222. The van der Waals surface area contributed by atoms with Gasteiger partial charge in [-0.25, -0.2) is 14.5 Å². The molecule has 0 radical (unpaired) electrons. The number of benzene rings is 3. The Kier molecular flexibility index (Phi) is 6.62. The molecule has 0 unspecified atom stereocenters. The van der Waals surface area contributed by atoms with E-state index in [1.165, 1.54) is 0 Å². The number of aromatic nitrogens is 3. The van der Waals surface area contributed by atoms with Crippen LogP contribution in [0.25, 0.3) is 17.1 Å². The highest BCUT2D eigenvalue weighted by Crippen LogP contribution is 2.23. The molecule has 1 heterocycles. The summed E-state index contributed by atoms with van der Waals surface area (Å²) >= 11 is 6.75. The van der Waals surface area contributed by atoms with Crippen molar-refractivity contribution in [2.24, 2.45) is 0 Å². The van der Waals surface area contributed by atoms with Crippen molar-refractivity contribution in [2.45, 2.75) is 6.92 Å². The van der Waals surface area contributed by atoms with Crippen LogP contribution in [0, 0.1) is 6.92 Å². The van der Waals surface area contributed by atoms with Crippen molar-refractivity contribution in [1.29, 1.82) is 0 Å². The SMILES string of the molecule is Cc1ccc(-c2nc(C(=O)OCC(=O)c3ccc(Br)cc3)nn2-c2ccc(Br)cc2)cc1. The van der Waals surface area contributed by atoms with Gasteiger partial charge in [0.15, 0.2) is 18.2 Å². The van der Waals surface area contributed by atoms with Gasteiger partial charge in [0, 0.05) is 20.1 Å². The van der Waals surface area contributed by atoms with Crippen molar-refractivity contribution >= 4 is 43.6 Å². The molecule has 0 aliphatic heterocycles.